The van der Waals surface area contributed by atoms with Crippen LogP contribution in [0.2, 0.25) is 0 Å². The van der Waals surface area contributed by atoms with Crippen molar-refractivity contribution in [3.05, 3.63) is 301 Å². The second-order valence-electron chi connectivity index (χ2n) is 24.6. The molecule has 0 saturated heterocycles. The maximum atomic E-state index is 5.12. The summed E-state index contributed by atoms with van der Waals surface area (Å²) in [4.78, 5) is 6.58. The van der Waals surface area contributed by atoms with E-state index in [4.69, 9.17) is 4.98 Å². The van der Waals surface area contributed by atoms with Crippen LogP contribution in [0.4, 0.5) is 0 Å². The molecule has 19 aromatic rings. The van der Waals surface area contributed by atoms with Crippen LogP contribution in [0.3, 0.4) is 0 Å². The Morgan fingerprint density at radius 2 is 0.857 bits per heavy atom. The highest BCUT2D eigenvalue weighted by atomic mass is 32.1. The number of hydrogen-bond donors (Lipinski definition) is 0. The van der Waals surface area contributed by atoms with Gasteiger partial charge in [-0.2, -0.15) is 0 Å². The van der Waals surface area contributed by atoms with Crippen LogP contribution in [0, 0.1) is 5.92 Å². The molecular formula is C84H53N5S2. The number of nitrogens with zero attached hydrogens (tertiary/aromatic N) is 5. The molecule has 1 aliphatic rings. The summed E-state index contributed by atoms with van der Waals surface area (Å²) in [6, 6.07) is 102. The SMILES string of the molecule is CC1C=Cc2c(sc3ccccc23)[C@@H]1c1cccc(-c2cccc(-n3c4ccccc4c4cc(-n5c6ccccc6c6cc(-c7cccc8c7c7ccccc7n8-c7ccc8sc9c(-n%10c%11ccccc%11c%11ccccc%11%10)nccc9c8c7)ccc65)ccc43)c2)c1. The Hall–Kier alpha value is -11.1. The number of rotatable bonds is 7. The van der Waals surface area contributed by atoms with E-state index in [1.165, 1.54) is 145 Å². The second kappa shape index (κ2) is 19.5. The Bertz CT molecular complexity index is 6280. The van der Waals surface area contributed by atoms with E-state index in [0.29, 0.717) is 11.8 Å². The van der Waals surface area contributed by atoms with Crippen LogP contribution in [-0.4, -0.2) is 23.3 Å². The lowest BCUT2D eigenvalue weighted by molar-refractivity contribution is 0.629. The van der Waals surface area contributed by atoms with Crippen LogP contribution in [-0.2, 0) is 0 Å². The Morgan fingerprint density at radius 1 is 0.341 bits per heavy atom. The topological polar surface area (TPSA) is 32.6 Å². The van der Waals surface area contributed by atoms with Crippen LogP contribution in [0.5, 0.6) is 0 Å². The fourth-order valence-electron chi connectivity index (χ4n) is 15.7. The summed E-state index contributed by atoms with van der Waals surface area (Å²) in [6.07, 6.45) is 6.74. The number of pyridine rings is 1. The fourth-order valence-corrected chi connectivity index (χ4v) is 18.3. The molecule has 7 aromatic heterocycles. The largest absolute Gasteiger partial charge is 0.309 e. The molecule has 0 spiro atoms. The minimum absolute atomic E-state index is 0.300. The van der Waals surface area contributed by atoms with Gasteiger partial charge in [0, 0.05) is 97.3 Å². The molecular weight excluding hydrogens is 1140 g/mol. The monoisotopic (exact) mass is 1200 g/mol. The third-order valence-electron chi connectivity index (χ3n) is 19.7. The van der Waals surface area contributed by atoms with Crippen molar-refractivity contribution in [2.75, 3.05) is 0 Å². The highest BCUT2D eigenvalue weighted by molar-refractivity contribution is 7.26. The van der Waals surface area contributed by atoms with Gasteiger partial charge in [-0.1, -0.05) is 183 Å². The van der Waals surface area contributed by atoms with Crippen molar-refractivity contribution in [2.24, 2.45) is 5.92 Å². The van der Waals surface area contributed by atoms with Crippen molar-refractivity contribution in [3.8, 4) is 45.1 Å². The molecule has 91 heavy (non-hydrogen) atoms. The minimum atomic E-state index is 0.300. The smallest absolute Gasteiger partial charge is 0.155 e. The van der Waals surface area contributed by atoms with Crippen molar-refractivity contribution >= 4 is 146 Å². The van der Waals surface area contributed by atoms with Crippen molar-refractivity contribution in [2.45, 2.75) is 12.8 Å². The van der Waals surface area contributed by atoms with E-state index in [1.54, 1.807) is 0 Å². The maximum absolute atomic E-state index is 5.12. The van der Waals surface area contributed by atoms with Crippen LogP contribution in [0.25, 0.3) is 169 Å². The Balaban J connectivity index is 0.683. The molecule has 2 atom stereocenters. The third-order valence-corrected chi connectivity index (χ3v) is 22.2. The molecule has 0 aliphatic heterocycles. The van der Waals surface area contributed by atoms with E-state index >= 15 is 0 Å². The van der Waals surface area contributed by atoms with Gasteiger partial charge in [-0.25, -0.2) is 4.98 Å². The summed E-state index contributed by atoms with van der Waals surface area (Å²) in [6.45, 7) is 2.37. The van der Waals surface area contributed by atoms with Gasteiger partial charge in [0.2, 0.25) is 0 Å². The molecule has 20 rings (SSSR count). The van der Waals surface area contributed by atoms with Crippen molar-refractivity contribution in [1.82, 2.24) is 23.3 Å². The predicted molar refractivity (Wildman–Crippen MR) is 387 cm³/mol. The lowest BCUT2D eigenvalue weighted by Gasteiger charge is -2.26. The number of para-hydroxylation sites is 5. The average Bonchev–Trinajstić information content (AvgIpc) is 1.61. The zero-order valence-electron chi connectivity index (χ0n) is 49.4. The molecule has 7 heterocycles. The van der Waals surface area contributed by atoms with E-state index in [0.717, 1.165) is 33.9 Å². The Morgan fingerprint density at radius 3 is 1.58 bits per heavy atom. The molecule has 5 nitrogen and oxygen atoms in total. The quantitative estimate of drug-likeness (QED) is 0.157. The number of allylic oxidation sites excluding steroid dienone is 1. The van der Waals surface area contributed by atoms with Gasteiger partial charge in [0.15, 0.2) is 5.82 Å². The van der Waals surface area contributed by atoms with Crippen LogP contribution in [0.15, 0.2) is 285 Å². The van der Waals surface area contributed by atoms with Gasteiger partial charge in [0.25, 0.3) is 0 Å². The number of aromatic nitrogens is 5. The van der Waals surface area contributed by atoms with Crippen molar-refractivity contribution < 1.29 is 0 Å². The Kier molecular flexibility index (Phi) is 10.9. The summed E-state index contributed by atoms with van der Waals surface area (Å²) in [7, 11) is 0. The van der Waals surface area contributed by atoms with E-state index in [2.05, 4.69) is 310 Å². The van der Waals surface area contributed by atoms with E-state index in [-0.39, 0.29) is 0 Å². The van der Waals surface area contributed by atoms with E-state index in [9.17, 15) is 0 Å². The highest BCUT2D eigenvalue weighted by Crippen LogP contribution is 2.49. The van der Waals surface area contributed by atoms with Crippen LogP contribution >= 0.6 is 22.7 Å². The summed E-state index contributed by atoms with van der Waals surface area (Å²) >= 11 is 3.78. The Labute approximate surface area is 531 Å². The molecule has 0 amide bonds. The molecule has 7 heteroatoms. The molecule has 0 fully saturated rings. The molecule has 426 valence electrons. The molecule has 0 N–H and O–H groups in total. The van der Waals surface area contributed by atoms with Gasteiger partial charge in [0.1, 0.15) is 0 Å². The van der Waals surface area contributed by atoms with Gasteiger partial charge in [-0.15, -0.1) is 22.7 Å². The van der Waals surface area contributed by atoms with Gasteiger partial charge in [-0.3, -0.25) is 4.57 Å². The van der Waals surface area contributed by atoms with Crippen LogP contribution in [0.1, 0.15) is 28.8 Å². The number of fused-ring (bicyclic) bond motifs is 18. The standard InChI is InChI=1S/C84H53N5S2/c1-50-35-39-64-63-25-7-13-34-78(63)90-82(64)80(50)54-19-14-17-51(45-54)52-18-15-20-55(46-52)86-71-29-9-5-24-62(71)68-48-56(37-41-76(68)86)87-70-28-8-4-23-61(70)67-47-53(36-40-75(67)87)58-27-16-33-77-81(58)66-26-6-12-32-74(66)88(77)57-38-42-79-69(49-57)65-43-44-85-84(83(65)91-79)89-72-30-10-2-21-59(72)60-22-3-11-31-73(60)89/h2-50,80H,1H3/t50?,80-/m0/s1. The van der Waals surface area contributed by atoms with E-state index in [1.807, 2.05) is 28.9 Å². The zero-order chi connectivity index (χ0) is 59.6. The number of thiophene rings is 2. The van der Waals surface area contributed by atoms with E-state index < -0.39 is 0 Å². The second-order valence-corrected chi connectivity index (χ2v) is 26.7. The molecule has 1 unspecified atom stereocenters. The fraction of sp³-hybridized carbons (Fsp3) is 0.0357. The zero-order valence-corrected chi connectivity index (χ0v) is 51.1. The first kappa shape index (κ1) is 50.9. The molecule has 0 radical (unpaired) electrons. The highest BCUT2D eigenvalue weighted by Gasteiger charge is 2.29. The summed E-state index contributed by atoms with van der Waals surface area (Å²) in [5.74, 6) is 1.66. The van der Waals surface area contributed by atoms with Gasteiger partial charge >= 0.3 is 0 Å². The molecule has 1 aliphatic carbocycles. The normalized spacial score (nSPS) is 14.4. The van der Waals surface area contributed by atoms with Crippen molar-refractivity contribution in [1.29, 1.82) is 0 Å². The number of hydrogen-bond acceptors (Lipinski definition) is 3. The van der Waals surface area contributed by atoms with Gasteiger partial charge in [-0.05, 0) is 154 Å². The first-order chi connectivity index (χ1) is 45.1. The summed E-state index contributed by atoms with van der Waals surface area (Å²) in [5, 5.41) is 13.6. The molecule has 0 saturated carbocycles. The summed E-state index contributed by atoms with van der Waals surface area (Å²) < 4.78 is 13.5. The van der Waals surface area contributed by atoms with Crippen molar-refractivity contribution in [3.63, 3.8) is 0 Å². The van der Waals surface area contributed by atoms with Crippen LogP contribution < -0.4 is 0 Å². The molecule has 12 aromatic carbocycles. The summed E-state index contributed by atoms with van der Waals surface area (Å²) in [5.41, 5.74) is 20.4. The van der Waals surface area contributed by atoms with Gasteiger partial charge in [0.05, 0.1) is 48.8 Å². The molecule has 0 bridgehead atoms. The lowest BCUT2D eigenvalue weighted by atomic mass is 9.80. The average molecular weight is 1200 g/mol. The number of benzene rings is 12. The first-order valence-corrected chi connectivity index (χ1v) is 33.0. The predicted octanol–water partition coefficient (Wildman–Crippen LogP) is 23.2. The minimum Gasteiger partial charge on any atom is -0.309 e. The lowest BCUT2D eigenvalue weighted by Crippen LogP contribution is -2.12. The van der Waals surface area contributed by atoms with Gasteiger partial charge < -0.3 is 13.7 Å². The maximum Gasteiger partial charge on any atom is 0.155 e. The third kappa shape index (κ3) is 7.41. The first-order valence-electron chi connectivity index (χ1n) is 31.4.